The molecule has 0 aromatic heterocycles. The Bertz CT molecular complexity index is 309. The summed E-state index contributed by atoms with van der Waals surface area (Å²) in [5, 5.41) is 0. The predicted molar refractivity (Wildman–Crippen MR) is 65.7 cm³/mol. The number of ether oxygens (including phenoxy) is 3. The lowest BCUT2D eigenvalue weighted by Gasteiger charge is -2.19. The summed E-state index contributed by atoms with van der Waals surface area (Å²) >= 11 is 0. The minimum atomic E-state index is -0.373. The van der Waals surface area contributed by atoms with Crippen molar-refractivity contribution < 1.29 is 14.2 Å². The first kappa shape index (κ1) is 15.0. The molecule has 0 amide bonds. The number of rotatable bonds is 5. The van der Waals surface area contributed by atoms with E-state index in [1.165, 1.54) is 0 Å². The molecule has 0 aliphatic rings. The summed E-state index contributed by atoms with van der Waals surface area (Å²) in [5.41, 5.74) is 6.28. The first-order valence-electron chi connectivity index (χ1n) is 4.82. The van der Waals surface area contributed by atoms with Crippen LogP contribution in [0.15, 0.2) is 24.3 Å². The second-order valence-corrected chi connectivity index (χ2v) is 3.20. The van der Waals surface area contributed by atoms with Crippen molar-refractivity contribution in [1.29, 1.82) is 0 Å². The van der Waals surface area contributed by atoms with E-state index in [-0.39, 0.29) is 25.0 Å². The number of methoxy groups -OCH3 is 1. The van der Waals surface area contributed by atoms with Crippen LogP contribution in [0.4, 0.5) is 5.69 Å². The summed E-state index contributed by atoms with van der Waals surface area (Å²) in [6, 6.07) is 7.21. The average molecular weight is 248 g/mol. The van der Waals surface area contributed by atoms with Gasteiger partial charge in [0.05, 0.1) is 0 Å². The number of hydrogen-bond donors (Lipinski definition) is 1. The highest BCUT2D eigenvalue weighted by atomic mass is 35.5. The molecule has 1 rings (SSSR count). The number of nitrogen functional groups attached to an aromatic ring is 1. The summed E-state index contributed by atoms with van der Waals surface area (Å²) in [4.78, 5) is 0. The van der Waals surface area contributed by atoms with E-state index >= 15 is 0 Å². The summed E-state index contributed by atoms with van der Waals surface area (Å²) in [6.45, 7) is 3.61. The third-order valence-corrected chi connectivity index (χ3v) is 1.88. The van der Waals surface area contributed by atoms with Crippen molar-refractivity contribution in [2.75, 3.05) is 12.8 Å². The van der Waals surface area contributed by atoms with Gasteiger partial charge in [0.1, 0.15) is 5.75 Å². The van der Waals surface area contributed by atoms with Gasteiger partial charge in [-0.2, -0.15) is 0 Å². The Morgan fingerprint density at radius 2 is 1.88 bits per heavy atom. The van der Waals surface area contributed by atoms with Crippen LogP contribution in [0.25, 0.3) is 0 Å². The summed E-state index contributed by atoms with van der Waals surface area (Å²) in [5.74, 6) is 0.686. The Kier molecular flexibility index (Phi) is 6.88. The van der Waals surface area contributed by atoms with Crippen LogP contribution in [0.2, 0.25) is 0 Å². The van der Waals surface area contributed by atoms with E-state index in [1.807, 2.05) is 12.1 Å². The van der Waals surface area contributed by atoms with Gasteiger partial charge in [-0.15, -0.1) is 12.4 Å². The Hall–Kier alpha value is -0.970. The van der Waals surface area contributed by atoms with Gasteiger partial charge in [0.25, 0.3) is 0 Å². The van der Waals surface area contributed by atoms with Gasteiger partial charge >= 0.3 is 0 Å². The molecule has 0 saturated carbocycles. The SMILES string of the molecule is COC(C)OC(C)Oc1cccc(N)c1.Cl. The largest absolute Gasteiger partial charge is 0.465 e. The zero-order valence-electron chi connectivity index (χ0n) is 9.67. The molecule has 0 bridgehead atoms. The van der Waals surface area contributed by atoms with E-state index in [1.54, 1.807) is 33.1 Å². The fraction of sp³-hybridized carbons (Fsp3) is 0.455. The van der Waals surface area contributed by atoms with Crippen molar-refractivity contribution in [2.24, 2.45) is 0 Å². The van der Waals surface area contributed by atoms with Crippen LogP contribution in [0.3, 0.4) is 0 Å². The van der Waals surface area contributed by atoms with Gasteiger partial charge in [0, 0.05) is 18.9 Å². The van der Waals surface area contributed by atoms with Crippen molar-refractivity contribution in [3.05, 3.63) is 24.3 Å². The van der Waals surface area contributed by atoms with E-state index in [0.717, 1.165) is 0 Å². The average Bonchev–Trinajstić information content (AvgIpc) is 2.17. The molecule has 2 N–H and O–H groups in total. The van der Waals surface area contributed by atoms with E-state index in [0.29, 0.717) is 11.4 Å². The summed E-state index contributed by atoms with van der Waals surface area (Å²) < 4.78 is 15.8. The van der Waals surface area contributed by atoms with Crippen molar-refractivity contribution in [1.82, 2.24) is 0 Å². The number of nitrogens with two attached hydrogens (primary N) is 1. The van der Waals surface area contributed by atoms with Gasteiger partial charge in [-0.1, -0.05) is 6.07 Å². The number of hydrogen-bond acceptors (Lipinski definition) is 4. The maximum absolute atomic E-state index is 5.62. The lowest BCUT2D eigenvalue weighted by molar-refractivity contribution is -0.192. The second-order valence-electron chi connectivity index (χ2n) is 3.20. The molecule has 2 atom stereocenters. The molecule has 0 saturated heterocycles. The molecular weight excluding hydrogens is 230 g/mol. The Balaban J connectivity index is 0.00000225. The molecule has 92 valence electrons. The third-order valence-electron chi connectivity index (χ3n) is 1.88. The van der Waals surface area contributed by atoms with E-state index in [4.69, 9.17) is 19.9 Å². The number of benzene rings is 1. The van der Waals surface area contributed by atoms with Gasteiger partial charge in [0.15, 0.2) is 12.6 Å². The molecule has 0 heterocycles. The first-order chi connectivity index (χ1) is 7.11. The summed E-state index contributed by atoms with van der Waals surface area (Å²) in [6.07, 6.45) is -0.664. The Morgan fingerprint density at radius 3 is 2.44 bits per heavy atom. The van der Waals surface area contributed by atoms with Gasteiger partial charge in [-0.05, 0) is 26.0 Å². The molecule has 0 spiro atoms. The van der Waals surface area contributed by atoms with Gasteiger partial charge in [-0.3, -0.25) is 0 Å². The highest BCUT2D eigenvalue weighted by Crippen LogP contribution is 2.16. The normalized spacial score (nSPS) is 13.7. The van der Waals surface area contributed by atoms with Gasteiger partial charge in [-0.25, -0.2) is 0 Å². The molecule has 5 heteroatoms. The molecule has 1 aromatic carbocycles. The lowest BCUT2D eigenvalue weighted by atomic mass is 10.3. The molecular formula is C11H18ClNO3. The van der Waals surface area contributed by atoms with Crippen molar-refractivity contribution in [2.45, 2.75) is 26.4 Å². The maximum atomic E-state index is 5.62. The fourth-order valence-electron chi connectivity index (χ4n) is 1.13. The molecule has 4 nitrogen and oxygen atoms in total. The summed E-state index contributed by atoms with van der Waals surface area (Å²) in [7, 11) is 1.58. The fourth-order valence-corrected chi connectivity index (χ4v) is 1.13. The molecule has 16 heavy (non-hydrogen) atoms. The molecule has 0 aliphatic carbocycles. The van der Waals surface area contributed by atoms with Crippen LogP contribution in [-0.4, -0.2) is 19.7 Å². The minimum absolute atomic E-state index is 0. The quantitative estimate of drug-likeness (QED) is 0.641. The van der Waals surface area contributed by atoms with Crippen LogP contribution in [-0.2, 0) is 9.47 Å². The van der Waals surface area contributed by atoms with Crippen molar-refractivity contribution in [3.63, 3.8) is 0 Å². The third kappa shape index (κ3) is 5.21. The minimum Gasteiger partial charge on any atom is -0.465 e. The van der Waals surface area contributed by atoms with E-state index in [9.17, 15) is 0 Å². The van der Waals surface area contributed by atoms with Crippen LogP contribution >= 0.6 is 12.4 Å². The predicted octanol–water partition coefficient (Wildman–Crippen LogP) is 2.42. The van der Waals surface area contributed by atoms with E-state index in [2.05, 4.69) is 0 Å². The second kappa shape index (κ2) is 7.33. The standard InChI is InChI=1S/C11H17NO3.ClH/c1-8(13-3)14-9(2)15-11-6-4-5-10(12)7-11;/h4-9H,12H2,1-3H3;1H. The molecule has 2 unspecified atom stereocenters. The van der Waals surface area contributed by atoms with Crippen molar-refractivity contribution in [3.8, 4) is 5.75 Å². The van der Waals surface area contributed by atoms with Crippen LogP contribution in [0, 0.1) is 0 Å². The van der Waals surface area contributed by atoms with Gasteiger partial charge in [0.2, 0.25) is 0 Å². The number of anilines is 1. The van der Waals surface area contributed by atoms with Crippen molar-refractivity contribution >= 4 is 18.1 Å². The smallest absolute Gasteiger partial charge is 0.199 e. The highest BCUT2D eigenvalue weighted by Gasteiger charge is 2.08. The van der Waals surface area contributed by atoms with Crippen LogP contribution in [0.5, 0.6) is 5.75 Å². The maximum Gasteiger partial charge on any atom is 0.199 e. The lowest BCUT2D eigenvalue weighted by Crippen LogP contribution is -2.23. The Morgan fingerprint density at radius 1 is 1.19 bits per heavy atom. The topological polar surface area (TPSA) is 53.7 Å². The van der Waals surface area contributed by atoms with Crippen LogP contribution in [0.1, 0.15) is 13.8 Å². The monoisotopic (exact) mass is 247 g/mol. The number of halogens is 1. The Labute approximate surface area is 102 Å². The van der Waals surface area contributed by atoms with E-state index < -0.39 is 0 Å². The van der Waals surface area contributed by atoms with Gasteiger partial charge < -0.3 is 19.9 Å². The first-order valence-corrected chi connectivity index (χ1v) is 4.82. The molecule has 0 fully saturated rings. The highest BCUT2D eigenvalue weighted by molar-refractivity contribution is 5.85. The van der Waals surface area contributed by atoms with Crippen LogP contribution < -0.4 is 10.5 Å². The molecule has 1 aromatic rings. The zero-order valence-corrected chi connectivity index (χ0v) is 10.5. The molecule has 0 aliphatic heterocycles. The molecule has 0 radical (unpaired) electrons. The zero-order chi connectivity index (χ0) is 11.3.